The van der Waals surface area contributed by atoms with Gasteiger partial charge in [0.1, 0.15) is 11.3 Å². The fraction of sp³-hybridized carbons (Fsp3) is 0.333. The van der Waals surface area contributed by atoms with E-state index in [1.807, 2.05) is 0 Å². The van der Waals surface area contributed by atoms with Crippen molar-refractivity contribution in [1.82, 2.24) is 0 Å². The maximum atomic E-state index is 13.7. The quantitative estimate of drug-likeness (QED) is 0.184. The number of aliphatic hydroxyl groups is 2. The summed E-state index contributed by atoms with van der Waals surface area (Å²) in [7, 11) is 0. The second-order valence-electron chi connectivity index (χ2n) is 5.18. The maximum absolute atomic E-state index is 13.7. The Hall–Kier alpha value is -2.42. The zero-order valence-electron chi connectivity index (χ0n) is 12.8. The van der Waals surface area contributed by atoms with E-state index in [2.05, 4.69) is 4.99 Å². The Morgan fingerprint density at radius 3 is 2.25 bits per heavy atom. The van der Waals surface area contributed by atoms with Crippen molar-refractivity contribution in [2.45, 2.75) is 25.8 Å². The van der Waals surface area contributed by atoms with Crippen LogP contribution in [0.15, 0.2) is 16.6 Å². The van der Waals surface area contributed by atoms with Crippen LogP contribution in [0.5, 0.6) is 0 Å². The number of aliphatic hydroxyl groups excluding tert-OH is 2. The van der Waals surface area contributed by atoms with Crippen LogP contribution in [0, 0.1) is 23.3 Å². The number of aliphatic carboxylic acids is 1. The lowest BCUT2D eigenvalue weighted by atomic mass is 10.0. The topological polar surface area (TPSA) is 90.1 Å². The predicted octanol–water partition coefficient (Wildman–Crippen LogP) is 2.83. The van der Waals surface area contributed by atoms with Gasteiger partial charge in [0.05, 0.1) is 17.7 Å². The molecule has 0 aliphatic carbocycles. The van der Waals surface area contributed by atoms with Crippen LogP contribution in [-0.2, 0) is 4.79 Å². The van der Waals surface area contributed by atoms with Crippen LogP contribution in [0.4, 0.5) is 17.6 Å². The molecule has 0 aliphatic rings. The first kappa shape index (κ1) is 19.6. The summed E-state index contributed by atoms with van der Waals surface area (Å²) in [5.41, 5.74) is -3.22. The molecule has 9 heteroatoms. The molecule has 0 fully saturated rings. The van der Waals surface area contributed by atoms with E-state index < -0.39 is 58.3 Å². The molecule has 0 bridgehead atoms. The van der Waals surface area contributed by atoms with E-state index in [-0.39, 0.29) is 6.07 Å². The number of benzene rings is 1. The third-order valence-electron chi connectivity index (χ3n) is 3.45. The number of carboxylic acids is 1. The average molecular weight is 349 g/mol. The third kappa shape index (κ3) is 3.91. The Balaban J connectivity index is 3.54. The molecular weight excluding hydrogens is 334 g/mol. The molecule has 0 aromatic heterocycles. The highest BCUT2D eigenvalue weighted by Gasteiger charge is 2.25. The lowest BCUT2D eigenvalue weighted by molar-refractivity contribution is -0.132. The Morgan fingerprint density at radius 2 is 1.79 bits per heavy atom. The van der Waals surface area contributed by atoms with E-state index in [9.17, 15) is 32.6 Å². The van der Waals surface area contributed by atoms with Crippen molar-refractivity contribution < 1.29 is 37.7 Å². The minimum absolute atomic E-state index is 0.130. The molecule has 3 N–H and O–H groups in total. The summed E-state index contributed by atoms with van der Waals surface area (Å²) in [6.07, 6.45) is 0.942. The van der Waals surface area contributed by atoms with Gasteiger partial charge in [0.25, 0.3) is 0 Å². The summed E-state index contributed by atoms with van der Waals surface area (Å²) in [6, 6.07) is 0.130. The molecule has 1 aromatic rings. The van der Waals surface area contributed by atoms with Crippen molar-refractivity contribution in [1.29, 1.82) is 0 Å². The first-order valence-corrected chi connectivity index (χ1v) is 6.74. The Bertz CT molecular complexity index is 712. The number of aliphatic imine (C=N–C) groups is 1. The number of nitrogens with zero attached hydrogens (tertiary/aromatic N) is 1. The van der Waals surface area contributed by atoms with Gasteiger partial charge in [-0.25, -0.2) is 22.4 Å². The SMILES string of the molecule is CCC(C)(CO)N=CC(C(=O)O)=C(O)c1cc(F)c(F)c(F)c1F. The minimum atomic E-state index is -2.19. The molecule has 24 heavy (non-hydrogen) atoms. The van der Waals surface area contributed by atoms with E-state index in [0.717, 1.165) is 0 Å². The molecule has 0 amide bonds. The number of hydrogen-bond acceptors (Lipinski definition) is 4. The van der Waals surface area contributed by atoms with E-state index in [1.54, 1.807) is 6.92 Å². The molecule has 1 unspecified atom stereocenters. The highest BCUT2D eigenvalue weighted by molar-refractivity contribution is 6.14. The van der Waals surface area contributed by atoms with Crippen molar-refractivity contribution in [2.24, 2.45) is 4.99 Å². The molecule has 0 saturated carbocycles. The van der Waals surface area contributed by atoms with Gasteiger partial charge in [-0.1, -0.05) is 6.92 Å². The summed E-state index contributed by atoms with van der Waals surface area (Å²) >= 11 is 0. The summed E-state index contributed by atoms with van der Waals surface area (Å²) in [6.45, 7) is 2.70. The molecular formula is C15H15F4NO4. The van der Waals surface area contributed by atoms with Crippen molar-refractivity contribution in [3.63, 3.8) is 0 Å². The zero-order valence-corrected chi connectivity index (χ0v) is 12.8. The number of halogens is 4. The normalized spacial score (nSPS) is 15.3. The standard InChI is InChI=1S/C15H15F4NO4/c1-3-15(2,6-21)20-5-8(14(23)24)13(22)7-4-9(16)11(18)12(19)10(7)17/h4-5,21-22H,3,6H2,1-2H3,(H,23,24). The molecule has 5 nitrogen and oxygen atoms in total. The van der Waals surface area contributed by atoms with Crippen molar-refractivity contribution in [3.8, 4) is 0 Å². The average Bonchev–Trinajstić information content (AvgIpc) is 2.55. The second kappa shape index (κ2) is 7.43. The first-order chi connectivity index (χ1) is 11.1. The maximum Gasteiger partial charge on any atom is 0.341 e. The van der Waals surface area contributed by atoms with Gasteiger partial charge in [0.15, 0.2) is 23.3 Å². The number of carbonyl (C=O) groups is 1. The second-order valence-corrected chi connectivity index (χ2v) is 5.18. The van der Waals surface area contributed by atoms with Gasteiger partial charge in [-0.05, 0) is 19.4 Å². The minimum Gasteiger partial charge on any atom is -0.506 e. The van der Waals surface area contributed by atoms with Crippen molar-refractivity contribution in [2.75, 3.05) is 6.61 Å². The van der Waals surface area contributed by atoms with Crippen LogP contribution in [0.1, 0.15) is 25.8 Å². The molecule has 0 spiro atoms. The summed E-state index contributed by atoms with van der Waals surface area (Å²) < 4.78 is 53.0. The molecule has 1 atom stereocenters. The van der Waals surface area contributed by atoms with Crippen LogP contribution in [0.3, 0.4) is 0 Å². The predicted molar refractivity (Wildman–Crippen MR) is 77.7 cm³/mol. The van der Waals surface area contributed by atoms with Crippen molar-refractivity contribution >= 4 is 17.9 Å². The number of rotatable bonds is 6. The number of hydrogen-bond donors (Lipinski definition) is 3. The number of carboxylic acid groups (broad SMARTS) is 1. The lowest BCUT2D eigenvalue weighted by Gasteiger charge is -2.20. The monoisotopic (exact) mass is 349 g/mol. The molecule has 0 saturated heterocycles. The van der Waals surface area contributed by atoms with Crippen LogP contribution in [0.2, 0.25) is 0 Å². The van der Waals surface area contributed by atoms with Crippen molar-refractivity contribution in [3.05, 3.63) is 40.5 Å². The Kier molecular flexibility index (Phi) is 6.08. The summed E-state index contributed by atoms with van der Waals surface area (Å²) in [5, 5.41) is 28.1. The highest BCUT2D eigenvalue weighted by atomic mass is 19.2. The van der Waals surface area contributed by atoms with Gasteiger partial charge in [-0.3, -0.25) is 4.99 Å². The van der Waals surface area contributed by atoms with Crippen LogP contribution < -0.4 is 0 Å². The van der Waals surface area contributed by atoms with E-state index >= 15 is 0 Å². The van der Waals surface area contributed by atoms with Gasteiger partial charge in [-0.15, -0.1) is 0 Å². The van der Waals surface area contributed by atoms with Gasteiger partial charge in [0.2, 0.25) is 0 Å². The van der Waals surface area contributed by atoms with E-state index in [1.165, 1.54) is 6.92 Å². The van der Waals surface area contributed by atoms with Gasteiger partial charge >= 0.3 is 5.97 Å². The smallest absolute Gasteiger partial charge is 0.341 e. The lowest BCUT2D eigenvalue weighted by Crippen LogP contribution is -2.26. The van der Waals surface area contributed by atoms with E-state index in [4.69, 9.17) is 5.11 Å². The Morgan fingerprint density at radius 1 is 1.21 bits per heavy atom. The van der Waals surface area contributed by atoms with Gasteiger partial charge in [-0.2, -0.15) is 0 Å². The molecule has 0 radical (unpaired) electrons. The zero-order chi connectivity index (χ0) is 18.7. The largest absolute Gasteiger partial charge is 0.506 e. The molecule has 132 valence electrons. The molecule has 1 aromatic carbocycles. The highest BCUT2D eigenvalue weighted by Crippen LogP contribution is 2.25. The third-order valence-corrected chi connectivity index (χ3v) is 3.45. The molecule has 1 rings (SSSR count). The van der Waals surface area contributed by atoms with Crippen LogP contribution in [0.25, 0.3) is 5.76 Å². The fourth-order valence-electron chi connectivity index (χ4n) is 1.57. The van der Waals surface area contributed by atoms with E-state index in [0.29, 0.717) is 12.6 Å². The van der Waals surface area contributed by atoms with Crippen LogP contribution in [-0.4, -0.2) is 39.6 Å². The van der Waals surface area contributed by atoms with Gasteiger partial charge in [0, 0.05) is 6.21 Å². The molecule has 0 heterocycles. The van der Waals surface area contributed by atoms with Crippen LogP contribution >= 0.6 is 0 Å². The Labute approximate surface area is 134 Å². The van der Waals surface area contributed by atoms with Gasteiger partial charge < -0.3 is 15.3 Å². The fourth-order valence-corrected chi connectivity index (χ4v) is 1.57. The first-order valence-electron chi connectivity index (χ1n) is 6.74. The summed E-state index contributed by atoms with van der Waals surface area (Å²) in [4.78, 5) is 15.0. The summed E-state index contributed by atoms with van der Waals surface area (Å²) in [5.74, 6) is -11.1. The molecule has 0 aliphatic heterocycles.